The molecule has 0 bridgehead atoms. The van der Waals surface area contributed by atoms with E-state index in [0.717, 1.165) is 42.6 Å². The summed E-state index contributed by atoms with van der Waals surface area (Å²) in [6, 6.07) is 9.36. The van der Waals surface area contributed by atoms with Crippen molar-refractivity contribution in [3.8, 4) is 11.3 Å². The molecule has 1 aromatic heterocycles. The van der Waals surface area contributed by atoms with E-state index in [4.69, 9.17) is 0 Å². The lowest BCUT2D eigenvalue weighted by molar-refractivity contribution is 0.0246. The lowest BCUT2D eigenvalue weighted by Crippen LogP contribution is -2.42. The maximum atomic E-state index is 12.5. The minimum absolute atomic E-state index is 0.151. The van der Waals surface area contributed by atoms with Gasteiger partial charge in [0.25, 0.3) is 5.91 Å². The summed E-state index contributed by atoms with van der Waals surface area (Å²) in [5.74, 6) is -0.151. The number of carbonyl (C=O) groups excluding carboxylic acids is 1. The van der Waals surface area contributed by atoms with Gasteiger partial charge in [-0.1, -0.05) is 37.8 Å². The number of hydrogen-bond acceptors (Lipinski definition) is 3. The molecule has 1 aromatic carbocycles. The minimum Gasteiger partial charge on any atom is -0.388 e. The number of aromatic nitrogens is 2. The topological polar surface area (TPSA) is 78.0 Å². The third kappa shape index (κ3) is 4.03. The van der Waals surface area contributed by atoms with E-state index in [9.17, 15) is 9.90 Å². The quantitative estimate of drug-likeness (QED) is 0.755. The number of nitrogens with zero attached hydrogens (tertiary/aromatic N) is 1. The van der Waals surface area contributed by atoms with Crippen LogP contribution in [0.5, 0.6) is 0 Å². The molecule has 0 saturated heterocycles. The van der Waals surface area contributed by atoms with Crippen LogP contribution >= 0.6 is 0 Å². The summed E-state index contributed by atoms with van der Waals surface area (Å²) < 4.78 is 0. The molecular weight excluding hydrogens is 302 g/mol. The molecule has 5 heteroatoms. The Morgan fingerprint density at radius 3 is 2.67 bits per heavy atom. The fraction of sp³-hybridized carbons (Fsp3) is 0.474. The van der Waals surface area contributed by atoms with E-state index >= 15 is 0 Å². The Labute approximate surface area is 142 Å². The first kappa shape index (κ1) is 16.7. The van der Waals surface area contributed by atoms with Crippen molar-refractivity contribution in [1.82, 2.24) is 15.5 Å². The second kappa shape index (κ2) is 7.18. The number of H-pyrrole nitrogens is 1. The van der Waals surface area contributed by atoms with Crippen molar-refractivity contribution >= 4 is 5.91 Å². The molecule has 5 nitrogen and oxygen atoms in total. The molecule has 0 unspecified atom stereocenters. The van der Waals surface area contributed by atoms with Crippen LogP contribution in [0.4, 0.5) is 0 Å². The zero-order valence-corrected chi connectivity index (χ0v) is 14.1. The smallest absolute Gasteiger partial charge is 0.251 e. The predicted octanol–water partition coefficient (Wildman–Crippen LogP) is 3.20. The van der Waals surface area contributed by atoms with Gasteiger partial charge in [-0.25, -0.2) is 0 Å². The highest BCUT2D eigenvalue weighted by Gasteiger charge is 2.28. The van der Waals surface area contributed by atoms with Gasteiger partial charge in [0.2, 0.25) is 0 Å². The van der Waals surface area contributed by atoms with Crippen LogP contribution in [0.25, 0.3) is 11.3 Å². The number of amides is 1. The van der Waals surface area contributed by atoms with Gasteiger partial charge in [0.1, 0.15) is 0 Å². The summed E-state index contributed by atoms with van der Waals surface area (Å²) in [5.41, 5.74) is 2.54. The third-order valence-corrected chi connectivity index (χ3v) is 4.74. The fourth-order valence-electron chi connectivity index (χ4n) is 3.30. The Kier molecular flexibility index (Phi) is 5.00. The summed E-state index contributed by atoms with van der Waals surface area (Å²) in [4.78, 5) is 12.5. The molecule has 1 saturated carbocycles. The van der Waals surface area contributed by atoms with Crippen molar-refractivity contribution in [2.45, 2.75) is 51.0 Å². The van der Waals surface area contributed by atoms with Crippen LogP contribution in [0.15, 0.2) is 30.3 Å². The molecule has 3 rings (SSSR count). The second-order valence-corrected chi connectivity index (χ2v) is 6.84. The first-order chi connectivity index (χ1) is 11.6. The molecule has 128 valence electrons. The summed E-state index contributed by atoms with van der Waals surface area (Å²) >= 11 is 0. The van der Waals surface area contributed by atoms with Crippen LogP contribution in [0.2, 0.25) is 0 Å². The molecule has 0 atom stereocenters. The number of nitrogens with one attached hydrogen (secondary N) is 2. The van der Waals surface area contributed by atoms with Gasteiger partial charge in [0, 0.05) is 23.4 Å². The van der Waals surface area contributed by atoms with Gasteiger partial charge in [-0.2, -0.15) is 5.10 Å². The highest BCUT2D eigenvalue weighted by Crippen LogP contribution is 2.26. The molecule has 1 aliphatic carbocycles. The van der Waals surface area contributed by atoms with Crippen LogP contribution in [-0.2, 0) is 0 Å². The maximum Gasteiger partial charge on any atom is 0.251 e. The Hall–Kier alpha value is -2.14. The molecule has 1 aliphatic rings. The van der Waals surface area contributed by atoms with Crippen molar-refractivity contribution in [3.05, 3.63) is 41.6 Å². The minimum atomic E-state index is -0.761. The van der Waals surface area contributed by atoms with E-state index in [1.54, 1.807) is 6.07 Å². The first-order valence-corrected chi connectivity index (χ1v) is 8.69. The van der Waals surface area contributed by atoms with Gasteiger partial charge >= 0.3 is 0 Å². The van der Waals surface area contributed by atoms with E-state index in [1.807, 2.05) is 31.2 Å². The number of rotatable bonds is 4. The largest absolute Gasteiger partial charge is 0.388 e. The number of carbonyl (C=O) groups is 1. The average Bonchev–Trinajstić information content (AvgIpc) is 2.91. The zero-order valence-electron chi connectivity index (χ0n) is 14.1. The number of aryl methyl sites for hydroxylation is 1. The molecule has 0 aliphatic heterocycles. The number of benzene rings is 1. The Morgan fingerprint density at radius 1 is 1.25 bits per heavy atom. The SMILES string of the molecule is Cc1cc(-c2cccc(C(=O)NCC3(O)CCCCCC3)c2)n[nH]1. The Morgan fingerprint density at radius 2 is 2.00 bits per heavy atom. The van der Waals surface area contributed by atoms with Gasteiger partial charge < -0.3 is 10.4 Å². The second-order valence-electron chi connectivity index (χ2n) is 6.84. The molecule has 1 fully saturated rings. The molecule has 0 spiro atoms. The van der Waals surface area contributed by atoms with E-state index in [-0.39, 0.29) is 5.91 Å². The molecule has 3 N–H and O–H groups in total. The summed E-state index contributed by atoms with van der Waals surface area (Å²) in [6.45, 7) is 2.26. The highest BCUT2D eigenvalue weighted by molar-refractivity contribution is 5.95. The molecule has 2 aromatic rings. The first-order valence-electron chi connectivity index (χ1n) is 8.69. The van der Waals surface area contributed by atoms with Crippen molar-refractivity contribution in [2.75, 3.05) is 6.54 Å². The summed E-state index contributed by atoms with van der Waals surface area (Å²) in [6.07, 6.45) is 5.92. The molecule has 24 heavy (non-hydrogen) atoms. The van der Waals surface area contributed by atoms with Crippen LogP contribution in [0.1, 0.15) is 54.6 Å². The van der Waals surface area contributed by atoms with Gasteiger partial charge in [-0.15, -0.1) is 0 Å². The van der Waals surface area contributed by atoms with Gasteiger partial charge in [-0.3, -0.25) is 9.89 Å². The summed E-state index contributed by atoms with van der Waals surface area (Å²) in [7, 11) is 0. The van der Waals surface area contributed by atoms with Crippen LogP contribution in [-0.4, -0.2) is 33.4 Å². The number of aromatic amines is 1. The van der Waals surface area contributed by atoms with E-state index < -0.39 is 5.60 Å². The summed E-state index contributed by atoms with van der Waals surface area (Å²) in [5, 5.41) is 20.7. The van der Waals surface area contributed by atoms with Gasteiger partial charge in [0.15, 0.2) is 0 Å². The van der Waals surface area contributed by atoms with E-state index in [2.05, 4.69) is 15.5 Å². The fourth-order valence-corrected chi connectivity index (χ4v) is 3.30. The number of aliphatic hydroxyl groups is 1. The van der Waals surface area contributed by atoms with Crippen molar-refractivity contribution in [1.29, 1.82) is 0 Å². The monoisotopic (exact) mass is 327 g/mol. The lowest BCUT2D eigenvalue weighted by atomic mass is 9.94. The predicted molar refractivity (Wildman–Crippen MR) is 93.7 cm³/mol. The normalized spacial score (nSPS) is 17.2. The third-order valence-electron chi connectivity index (χ3n) is 4.74. The van der Waals surface area contributed by atoms with Crippen LogP contribution in [0.3, 0.4) is 0 Å². The van der Waals surface area contributed by atoms with Crippen molar-refractivity contribution in [2.24, 2.45) is 0 Å². The van der Waals surface area contributed by atoms with Crippen LogP contribution in [0, 0.1) is 6.92 Å². The average molecular weight is 327 g/mol. The zero-order chi connectivity index (χ0) is 17.0. The van der Waals surface area contributed by atoms with Crippen molar-refractivity contribution in [3.63, 3.8) is 0 Å². The Bertz CT molecular complexity index is 700. The molecule has 0 radical (unpaired) electrons. The van der Waals surface area contributed by atoms with E-state index in [1.165, 1.54) is 12.8 Å². The van der Waals surface area contributed by atoms with Crippen LogP contribution < -0.4 is 5.32 Å². The number of hydrogen-bond donors (Lipinski definition) is 3. The van der Waals surface area contributed by atoms with E-state index in [0.29, 0.717) is 12.1 Å². The molecular formula is C19H25N3O2. The Balaban J connectivity index is 1.66. The highest BCUT2D eigenvalue weighted by atomic mass is 16.3. The molecule has 1 amide bonds. The molecule has 1 heterocycles. The lowest BCUT2D eigenvalue weighted by Gasteiger charge is -2.26. The van der Waals surface area contributed by atoms with Gasteiger partial charge in [0.05, 0.1) is 11.3 Å². The maximum absolute atomic E-state index is 12.5. The van der Waals surface area contributed by atoms with Gasteiger partial charge in [-0.05, 0) is 38.0 Å². The van der Waals surface area contributed by atoms with Crippen molar-refractivity contribution < 1.29 is 9.90 Å². The standard InChI is InChI=1S/C19H25N3O2/c1-14-11-17(22-21-14)15-7-6-8-16(12-15)18(23)20-13-19(24)9-4-2-3-5-10-19/h6-8,11-12,24H,2-5,9-10,13H2,1H3,(H,20,23)(H,21,22).